The molecule has 3 nitrogen and oxygen atoms in total. The van der Waals surface area contributed by atoms with E-state index in [2.05, 4.69) is 23.7 Å². The van der Waals surface area contributed by atoms with E-state index >= 15 is 4.57 Å². The summed E-state index contributed by atoms with van der Waals surface area (Å²) in [6.07, 6.45) is -0.785. The molecule has 0 unspecified atom stereocenters. The van der Waals surface area contributed by atoms with Gasteiger partial charge in [-0.1, -0.05) is 118 Å². The van der Waals surface area contributed by atoms with Crippen LogP contribution in [-0.2, 0) is 4.57 Å². The first-order valence-electron chi connectivity index (χ1n) is 12.5. The van der Waals surface area contributed by atoms with E-state index in [1.807, 2.05) is 130 Å². The molecule has 0 radical (unpaired) electrons. The van der Waals surface area contributed by atoms with Gasteiger partial charge >= 0.3 is 0 Å². The largest absolute Gasteiger partial charge is 0.391 e. The highest BCUT2D eigenvalue weighted by Gasteiger charge is 2.47. The highest BCUT2D eigenvalue weighted by Crippen LogP contribution is 2.58. The van der Waals surface area contributed by atoms with Gasteiger partial charge in [-0.05, 0) is 47.7 Å². The van der Waals surface area contributed by atoms with E-state index in [4.69, 9.17) is 0 Å². The molecule has 4 rings (SSSR count). The summed E-state index contributed by atoms with van der Waals surface area (Å²) < 4.78 is 17.9. The van der Waals surface area contributed by atoms with E-state index in [1.54, 1.807) is 0 Å². The van der Waals surface area contributed by atoms with Crippen molar-refractivity contribution in [3.8, 4) is 0 Å². The Morgan fingerprint density at radius 1 is 0.639 bits per heavy atom. The lowest BCUT2D eigenvalue weighted by Crippen LogP contribution is -2.45. The van der Waals surface area contributed by atoms with E-state index in [0.29, 0.717) is 0 Å². The van der Waals surface area contributed by atoms with Crippen LogP contribution in [-0.4, -0.2) is 15.9 Å². The molecule has 0 saturated heterocycles. The monoisotopic (exact) mass is 497 g/mol. The Kier molecular flexibility index (Phi) is 7.95. The molecule has 4 aromatic rings. The van der Waals surface area contributed by atoms with Gasteiger partial charge < -0.3 is 5.11 Å². The van der Waals surface area contributed by atoms with Crippen LogP contribution in [0.4, 0.5) is 0 Å². The summed E-state index contributed by atoms with van der Waals surface area (Å²) >= 11 is 0. The quantitative estimate of drug-likeness (QED) is 0.263. The van der Waals surface area contributed by atoms with Crippen molar-refractivity contribution in [3.05, 3.63) is 132 Å². The first-order valence-corrected chi connectivity index (χ1v) is 14.2. The lowest BCUT2D eigenvalue weighted by atomic mass is 9.81. The zero-order chi connectivity index (χ0) is 25.8. The molecule has 0 bridgehead atoms. The van der Waals surface area contributed by atoms with Gasteiger partial charge in [0.1, 0.15) is 0 Å². The van der Waals surface area contributed by atoms with Crippen molar-refractivity contribution < 1.29 is 9.67 Å². The maximum Gasteiger partial charge on any atom is 0.208 e. The fraction of sp³-hybridized carbons (Fsp3) is 0.250. The summed E-state index contributed by atoms with van der Waals surface area (Å²) in [5.74, 6) is 0. The molecule has 0 aliphatic rings. The van der Waals surface area contributed by atoms with Crippen LogP contribution in [0.15, 0.2) is 121 Å². The summed E-state index contributed by atoms with van der Waals surface area (Å²) in [5, 5.41) is 13.5. The minimum Gasteiger partial charge on any atom is -0.391 e. The average Bonchev–Trinajstić information content (AvgIpc) is 2.92. The predicted molar refractivity (Wildman–Crippen MR) is 151 cm³/mol. The number of nitrogens with zero attached hydrogens (tertiary/aromatic N) is 1. The SMILES string of the molecule is C[C@@H](c1ccccc1)N([C@@H](c1ccccc1)[C@H](O)C(C)(C)C)P(=O)(c1ccccc1)c1ccccc1. The van der Waals surface area contributed by atoms with Crippen LogP contribution in [0.1, 0.15) is 50.9 Å². The summed E-state index contributed by atoms with van der Waals surface area (Å²) in [6, 6.07) is 38.8. The molecular formula is C32H36NO2P. The van der Waals surface area contributed by atoms with Crippen molar-refractivity contribution in [2.45, 2.75) is 45.9 Å². The fourth-order valence-corrected chi connectivity index (χ4v) is 8.04. The van der Waals surface area contributed by atoms with Gasteiger partial charge in [0.2, 0.25) is 7.29 Å². The second-order valence-corrected chi connectivity index (χ2v) is 13.0. The summed E-state index contributed by atoms with van der Waals surface area (Å²) in [4.78, 5) is 0. The van der Waals surface area contributed by atoms with Crippen molar-refractivity contribution in [1.82, 2.24) is 4.67 Å². The first-order chi connectivity index (χ1) is 17.2. The third-order valence-electron chi connectivity index (χ3n) is 6.83. The van der Waals surface area contributed by atoms with Gasteiger partial charge in [-0.25, -0.2) is 4.67 Å². The number of aliphatic hydroxyl groups excluding tert-OH is 1. The van der Waals surface area contributed by atoms with E-state index in [-0.39, 0.29) is 6.04 Å². The molecule has 0 amide bonds. The Balaban J connectivity index is 2.07. The molecule has 36 heavy (non-hydrogen) atoms. The van der Waals surface area contributed by atoms with Gasteiger partial charge in [0, 0.05) is 16.7 Å². The molecule has 3 atom stereocenters. The second kappa shape index (κ2) is 11.0. The topological polar surface area (TPSA) is 40.5 Å². The van der Waals surface area contributed by atoms with Gasteiger partial charge in [0.25, 0.3) is 0 Å². The highest BCUT2D eigenvalue weighted by molar-refractivity contribution is 7.76. The van der Waals surface area contributed by atoms with Crippen LogP contribution in [0, 0.1) is 5.41 Å². The molecule has 0 aliphatic heterocycles. The van der Waals surface area contributed by atoms with E-state index in [0.717, 1.165) is 21.7 Å². The van der Waals surface area contributed by atoms with Crippen LogP contribution in [0.5, 0.6) is 0 Å². The molecule has 0 spiro atoms. The molecule has 186 valence electrons. The van der Waals surface area contributed by atoms with Gasteiger partial charge in [-0.2, -0.15) is 0 Å². The lowest BCUT2D eigenvalue weighted by Gasteiger charge is -2.47. The summed E-state index contributed by atoms with van der Waals surface area (Å²) in [7, 11) is -3.43. The smallest absolute Gasteiger partial charge is 0.208 e. The van der Waals surface area contributed by atoms with Crippen LogP contribution in [0.25, 0.3) is 0 Å². The van der Waals surface area contributed by atoms with Crippen LogP contribution >= 0.6 is 7.29 Å². The third kappa shape index (κ3) is 5.25. The molecule has 0 aliphatic carbocycles. The van der Waals surface area contributed by atoms with Gasteiger partial charge in [-0.3, -0.25) is 4.57 Å². The number of hydrogen-bond acceptors (Lipinski definition) is 2. The molecule has 1 N–H and O–H groups in total. The Hall–Kier alpha value is -2.97. The van der Waals surface area contributed by atoms with E-state index in [1.165, 1.54) is 0 Å². The van der Waals surface area contributed by atoms with Crippen LogP contribution in [0.2, 0.25) is 0 Å². The lowest BCUT2D eigenvalue weighted by molar-refractivity contribution is -0.00425. The zero-order valence-corrected chi connectivity index (χ0v) is 22.4. The molecule has 4 heteroatoms. The standard InChI is InChI=1S/C32H36NO2P/c1-25(26-17-9-5-10-18-26)33(30(31(34)32(2,3)4)27-19-11-6-12-20-27)36(35,28-21-13-7-14-22-28)29-23-15-8-16-24-29/h5-25,30-31,34H,1-4H3/t25-,30-,31-/m0/s1. The molecular weight excluding hydrogens is 461 g/mol. The number of hydrogen-bond donors (Lipinski definition) is 1. The molecule has 4 aromatic carbocycles. The second-order valence-electron chi connectivity index (χ2n) is 10.4. The number of benzene rings is 4. The van der Waals surface area contributed by atoms with E-state index in [9.17, 15) is 5.11 Å². The minimum atomic E-state index is -3.43. The van der Waals surface area contributed by atoms with E-state index < -0.39 is 24.9 Å². The minimum absolute atomic E-state index is 0.250. The van der Waals surface area contributed by atoms with Gasteiger partial charge in [-0.15, -0.1) is 0 Å². The van der Waals surface area contributed by atoms with Crippen molar-refractivity contribution in [2.24, 2.45) is 5.41 Å². The third-order valence-corrected chi connectivity index (χ3v) is 10.1. The van der Waals surface area contributed by atoms with Crippen molar-refractivity contribution in [2.75, 3.05) is 0 Å². The van der Waals surface area contributed by atoms with Gasteiger partial charge in [0.15, 0.2) is 0 Å². The number of aliphatic hydroxyl groups is 1. The Morgan fingerprint density at radius 3 is 1.39 bits per heavy atom. The molecule has 0 heterocycles. The van der Waals surface area contributed by atoms with Crippen molar-refractivity contribution >= 4 is 17.9 Å². The molecule has 0 fully saturated rings. The van der Waals surface area contributed by atoms with Crippen LogP contribution < -0.4 is 10.6 Å². The molecule has 0 aromatic heterocycles. The summed E-state index contributed by atoms with van der Waals surface area (Å²) in [5.41, 5.74) is 1.54. The highest BCUT2D eigenvalue weighted by atomic mass is 31.2. The van der Waals surface area contributed by atoms with Gasteiger partial charge in [0.05, 0.1) is 12.1 Å². The summed E-state index contributed by atoms with van der Waals surface area (Å²) in [6.45, 7) is 8.21. The Labute approximate surface area is 215 Å². The Bertz CT molecular complexity index is 1230. The van der Waals surface area contributed by atoms with Crippen molar-refractivity contribution in [1.29, 1.82) is 0 Å². The fourth-order valence-electron chi connectivity index (χ4n) is 4.82. The normalized spacial score (nSPS) is 14.8. The predicted octanol–water partition coefficient (Wildman–Crippen LogP) is 7.13. The van der Waals surface area contributed by atoms with Crippen LogP contribution in [0.3, 0.4) is 0 Å². The first kappa shape index (κ1) is 26.1. The number of rotatable bonds is 8. The maximum absolute atomic E-state index is 15.8. The zero-order valence-electron chi connectivity index (χ0n) is 21.5. The maximum atomic E-state index is 15.8. The average molecular weight is 498 g/mol. The Morgan fingerprint density at radius 2 is 1.00 bits per heavy atom. The van der Waals surface area contributed by atoms with Crippen molar-refractivity contribution in [3.63, 3.8) is 0 Å². The molecule has 0 saturated carbocycles.